The van der Waals surface area contributed by atoms with E-state index in [9.17, 15) is 43.2 Å². The van der Waals surface area contributed by atoms with Gasteiger partial charge in [0.1, 0.15) is 0 Å². The first-order valence-corrected chi connectivity index (χ1v) is 9.38. The van der Waals surface area contributed by atoms with Gasteiger partial charge in [-0.15, -0.1) is 0 Å². The summed E-state index contributed by atoms with van der Waals surface area (Å²) in [5.41, 5.74) is -13.5. The van der Waals surface area contributed by atoms with E-state index in [1.165, 1.54) is 24.3 Å². The van der Waals surface area contributed by atoms with Crippen molar-refractivity contribution in [2.45, 2.75) is 23.0 Å². The molecule has 0 fully saturated rings. The Kier molecular flexibility index (Phi) is 5.75. The van der Waals surface area contributed by atoms with Gasteiger partial charge < -0.3 is 0 Å². The zero-order valence-corrected chi connectivity index (χ0v) is 13.5. The summed E-state index contributed by atoms with van der Waals surface area (Å²) in [5.74, 6) is 0. The second-order valence-electron chi connectivity index (χ2n) is 4.92. The highest BCUT2D eigenvalue weighted by molar-refractivity contribution is 8.09. The average molecular weight is 422 g/mol. The summed E-state index contributed by atoms with van der Waals surface area (Å²) in [6.45, 7) is 0. The quantitative estimate of drug-likeness (QED) is 0.690. The van der Waals surface area contributed by atoms with E-state index in [2.05, 4.69) is 0 Å². The van der Waals surface area contributed by atoms with Crippen LogP contribution in [0.1, 0.15) is 17.6 Å². The lowest BCUT2D eigenvalue weighted by atomic mass is 10.1. The molecular weight excluding hydrogens is 410 g/mol. The van der Waals surface area contributed by atoms with Crippen LogP contribution in [0, 0.1) is 0 Å². The van der Waals surface area contributed by atoms with Crippen LogP contribution in [-0.4, -0.2) is 27.9 Å². The largest absolute Gasteiger partial charge is 0.499 e. The monoisotopic (exact) mass is 422 g/mol. The highest BCUT2D eigenvalue weighted by atomic mass is 32.3. The Labute approximate surface area is 145 Å². The van der Waals surface area contributed by atoms with Gasteiger partial charge >= 0.3 is 11.0 Å². The molecule has 2 rings (SSSR count). The van der Waals surface area contributed by atoms with E-state index in [0.717, 1.165) is 6.07 Å². The fraction of sp³-hybridized carbons (Fsp3) is 0.286. The van der Waals surface area contributed by atoms with E-state index in [-0.39, 0.29) is 12.8 Å². The van der Waals surface area contributed by atoms with Crippen molar-refractivity contribution in [3.8, 4) is 0 Å². The van der Waals surface area contributed by atoms with Crippen LogP contribution in [0.3, 0.4) is 0 Å². The molecule has 0 radical (unpaired) electrons. The molecule has 146 valence electrons. The Morgan fingerprint density at radius 1 is 0.692 bits per heavy atom. The summed E-state index contributed by atoms with van der Waals surface area (Å²) in [5, 5.41) is 0.457. The minimum Gasteiger partial charge on any atom is -0.218 e. The van der Waals surface area contributed by atoms with E-state index in [4.69, 9.17) is 0 Å². The van der Waals surface area contributed by atoms with Gasteiger partial charge in [-0.2, -0.15) is 26.3 Å². The molecule has 0 aliphatic rings. The van der Waals surface area contributed by atoms with Crippen LogP contribution in [0.5, 0.6) is 0 Å². The van der Waals surface area contributed by atoms with Crippen LogP contribution in [0.2, 0.25) is 0 Å². The van der Waals surface area contributed by atoms with Crippen molar-refractivity contribution in [2.75, 3.05) is 0 Å². The van der Waals surface area contributed by atoms with Crippen molar-refractivity contribution >= 4 is 30.4 Å². The fourth-order valence-electron chi connectivity index (χ4n) is 2.12. The third-order valence-corrected chi connectivity index (χ3v) is 7.74. The molecule has 26 heavy (non-hydrogen) atoms. The Balaban J connectivity index is 0.00000338. The van der Waals surface area contributed by atoms with E-state index in [1.54, 1.807) is 0 Å². The van der Waals surface area contributed by atoms with Crippen LogP contribution in [0.25, 0.3) is 10.8 Å². The van der Waals surface area contributed by atoms with Crippen molar-refractivity contribution in [3.63, 3.8) is 0 Å². The lowest BCUT2D eigenvalue weighted by molar-refractivity contribution is -0.0472. The van der Waals surface area contributed by atoms with Gasteiger partial charge in [-0.1, -0.05) is 43.8 Å². The molecule has 0 N–H and O–H groups in total. The number of rotatable bonds is 3. The molecule has 0 saturated heterocycles. The summed E-state index contributed by atoms with van der Waals surface area (Å²) in [4.78, 5) is 0. The minimum absolute atomic E-state index is 0. The third-order valence-electron chi connectivity index (χ3n) is 3.25. The second-order valence-corrected chi connectivity index (χ2v) is 9.27. The lowest BCUT2D eigenvalue weighted by Crippen LogP contribution is -2.39. The number of halogens is 6. The number of hydrogen-bond donors (Lipinski definition) is 0. The first kappa shape index (κ1) is 22.2. The zero-order chi connectivity index (χ0) is 19.3. The van der Waals surface area contributed by atoms with Gasteiger partial charge in [0.15, 0.2) is 0 Å². The van der Waals surface area contributed by atoms with Crippen molar-refractivity contribution in [1.29, 1.82) is 0 Å². The molecule has 0 spiro atoms. The number of sulfone groups is 2. The van der Waals surface area contributed by atoms with Gasteiger partial charge in [0.2, 0.25) is 4.58 Å². The predicted octanol–water partition coefficient (Wildman–Crippen LogP) is 4.34. The van der Waals surface area contributed by atoms with Crippen molar-refractivity contribution < 1.29 is 43.2 Å². The van der Waals surface area contributed by atoms with E-state index in [1.807, 2.05) is 0 Å². The Hall–Kier alpha value is -1.82. The molecule has 0 bridgehead atoms. The normalized spacial score (nSPS) is 13.7. The van der Waals surface area contributed by atoms with E-state index >= 15 is 0 Å². The average Bonchev–Trinajstić information content (AvgIpc) is 2.44. The molecule has 0 aromatic heterocycles. The van der Waals surface area contributed by atoms with Gasteiger partial charge in [0.05, 0.1) is 0 Å². The van der Waals surface area contributed by atoms with Gasteiger partial charge in [0.25, 0.3) is 19.7 Å². The molecule has 2 aromatic carbocycles. The summed E-state index contributed by atoms with van der Waals surface area (Å²) in [7, 11) is -13.4. The molecule has 0 aliphatic heterocycles. The maximum atomic E-state index is 12.8. The number of fused-ring (bicyclic) bond motifs is 1. The van der Waals surface area contributed by atoms with Gasteiger partial charge in [-0.25, -0.2) is 16.8 Å². The van der Waals surface area contributed by atoms with Crippen molar-refractivity contribution in [2.24, 2.45) is 0 Å². The molecule has 4 nitrogen and oxygen atoms in total. The molecule has 0 amide bonds. The van der Waals surface area contributed by atoms with E-state index in [0.29, 0.717) is 17.5 Å². The van der Waals surface area contributed by atoms with Crippen LogP contribution < -0.4 is 0 Å². The summed E-state index contributed by atoms with van der Waals surface area (Å²) < 4.78 is 119. The van der Waals surface area contributed by atoms with Crippen LogP contribution in [0.15, 0.2) is 42.5 Å². The molecule has 12 heteroatoms. The molecule has 0 atom stereocenters. The SMILES string of the molecule is C.O=S(=O)(C(c1ccc2ccccc2c1)S(=O)(=O)C(F)(F)F)C(F)(F)F. The van der Waals surface area contributed by atoms with Gasteiger partial charge in [-0.3, -0.25) is 0 Å². The predicted molar refractivity (Wildman–Crippen MR) is 83.4 cm³/mol. The lowest BCUT2D eigenvalue weighted by Gasteiger charge is -2.21. The highest BCUT2D eigenvalue weighted by Gasteiger charge is 2.63. The summed E-state index contributed by atoms with van der Waals surface area (Å²) >= 11 is 0. The maximum absolute atomic E-state index is 12.8. The topological polar surface area (TPSA) is 68.3 Å². The maximum Gasteiger partial charge on any atom is 0.499 e. The smallest absolute Gasteiger partial charge is 0.218 e. The minimum atomic E-state index is -6.71. The van der Waals surface area contributed by atoms with Gasteiger partial charge in [0, 0.05) is 0 Å². The van der Waals surface area contributed by atoms with Crippen LogP contribution in [-0.2, 0) is 19.7 Å². The molecule has 0 aliphatic carbocycles. The molecule has 2 aromatic rings. The molecular formula is C14H12F6O4S2. The summed E-state index contributed by atoms with van der Waals surface area (Å²) in [6.07, 6.45) is 0. The first-order chi connectivity index (χ1) is 11.2. The van der Waals surface area contributed by atoms with Crippen molar-refractivity contribution in [1.82, 2.24) is 0 Å². The molecule has 0 heterocycles. The fourth-order valence-corrected chi connectivity index (χ4v) is 5.61. The Morgan fingerprint density at radius 3 is 1.54 bits per heavy atom. The van der Waals surface area contributed by atoms with Crippen LogP contribution >= 0.6 is 0 Å². The third kappa shape index (κ3) is 3.65. The number of benzene rings is 2. The van der Waals surface area contributed by atoms with Gasteiger partial charge in [-0.05, 0) is 22.4 Å². The number of hydrogen-bond acceptors (Lipinski definition) is 4. The summed E-state index contributed by atoms with van der Waals surface area (Å²) in [6, 6.07) is 8.00. The number of alkyl halides is 6. The second kappa shape index (κ2) is 6.72. The van der Waals surface area contributed by atoms with E-state index < -0.39 is 40.8 Å². The van der Waals surface area contributed by atoms with Crippen molar-refractivity contribution in [3.05, 3.63) is 48.0 Å². The Bertz CT molecular complexity index is 964. The molecule has 0 saturated carbocycles. The highest BCUT2D eigenvalue weighted by Crippen LogP contribution is 2.45. The first-order valence-electron chi connectivity index (χ1n) is 6.28. The standard InChI is InChI=1S/C13H8F6O4S2.CH4/c14-12(15,16)24(20,21)11(25(22,23)13(17,18)19)10-6-5-8-3-1-2-4-9(8)7-10;/h1-7,11H;1H4. The zero-order valence-electron chi connectivity index (χ0n) is 11.8. The molecule has 0 unspecified atom stereocenters. The Morgan fingerprint density at radius 2 is 1.12 bits per heavy atom. The van der Waals surface area contributed by atoms with Crippen LogP contribution in [0.4, 0.5) is 26.3 Å².